The van der Waals surface area contributed by atoms with Crippen LogP contribution < -0.4 is 26.7 Å². The quantitative estimate of drug-likeness (QED) is 0.0178. The van der Waals surface area contributed by atoms with Crippen LogP contribution in [-0.4, -0.2) is 82.0 Å². The van der Waals surface area contributed by atoms with Gasteiger partial charge in [-0.25, -0.2) is 28.6 Å². The van der Waals surface area contributed by atoms with Gasteiger partial charge >= 0.3 is 23.5 Å². The largest absolute Gasteiger partial charge is 0.490 e. The standard InChI is InChI=1S/C33H44N9O13P3/c34-23-9-7-21-14-22-8-10-24(35)16-26(22)41(25(21)15-23)13-5-6-29(44)36-11-3-1-2-4-12-37-32-31-33(39-19-38-32)42(20-40-31)30-17-27(43)28(53-30)18-52-57(48,49)55-58(50,51)54-56(45,46)47/h7-10,14-16,19-20,27-28,30,43H,1-6,11-13,17-18H2,(H9,34,35,36,37,38,39,44,45,46,47,48,49,50,51)/p+1/t27-,28+,30+/m0/s1. The number of ether oxygens (including phenoxy) is 1. The number of nitrogen functional groups attached to an aromatic ring is 2. The van der Waals surface area contributed by atoms with Crippen LogP contribution in [0.3, 0.4) is 0 Å². The molecule has 2 unspecified atom stereocenters. The fourth-order valence-corrected chi connectivity index (χ4v) is 9.62. The van der Waals surface area contributed by atoms with Crippen LogP contribution in [-0.2, 0) is 42.9 Å². The molecule has 1 aliphatic heterocycles. The van der Waals surface area contributed by atoms with Crippen molar-refractivity contribution in [2.75, 3.05) is 36.5 Å². The molecule has 0 bridgehead atoms. The van der Waals surface area contributed by atoms with Gasteiger partial charge in [0.05, 0.1) is 19.0 Å². The Balaban J connectivity index is 0.898. The molecule has 0 spiro atoms. The maximum absolute atomic E-state index is 12.6. The smallest absolute Gasteiger partial charge is 0.399 e. The van der Waals surface area contributed by atoms with Gasteiger partial charge in [-0.15, -0.1) is 0 Å². The number of aromatic nitrogens is 5. The number of rotatable bonds is 20. The summed E-state index contributed by atoms with van der Waals surface area (Å²) in [6.07, 6.45) is 3.92. The van der Waals surface area contributed by atoms with Crippen molar-refractivity contribution < 1.29 is 65.6 Å². The van der Waals surface area contributed by atoms with Crippen molar-refractivity contribution in [3.05, 3.63) is 55.1 Å². The van der Waals surface area contributed by atoms with E-state index in [2.05, 4.69) is 49.4 Å². The summed E-state index contributed by atoms with van der Waals surface area (Å²) in [6.45, 7) is 0.985. The van der Waals surface area contributed by atoms with Crippen LogP contribution >= 0.6 is 23.5 Å². The van der Waals surface area contributed by atoms with Crippen LogP contribution in [0.2, 0.25) is 0 Å². The van der Waals surface area contributed by atoms with Crippen LogP contribution in [0.1, 0.15) is 51.2 Å². The number of unbranched alkanes of at least 4 members (excludes halogenated alkanes) is 3. The monoisotopic (exact) mass is 868 g/mol. The predicted octanol–water partition coefficient (Wildman–Crippen LogP) is 3.15. The molecule has 5 atom stereocenters. The maximum atomic E-state index is 12.6. The number of carbonyl (C=O) groups is 1. The lowest BCUT2D eigenvalue weighted by atomic mass is 10.1. The number of benzene rings is 2. The summed E-state index contributed by atoms with van der Waals surface area (Å²) >= 11 is 0. The number of aliphatic hydroxyl groups excluding tert-OH is 1. The van der Waals surface area contributed by atoms with Gasteiger partial charge in [-0.2, -0.15) is 13.2 Å². The van der Waals surface area contributed by atoms with Gasteiger partial charge < -0.3 is 51.5 Å². The summed E-state index contributed by atoms with van der Waals surface area (Å²) in [7, 11) is -16.6. The number of imidazole rings is 1. The SMILES string of the molecule is Nc1ccc2cc3ccc(N)cc3[n+](CCCC(=O)NCCCCCCNc3ncnc4c3ncn4[C@H]3C[C@H](O)[C@@H](COP(=O)(O)OP(=O)(O)OP(=O)(O)O)O3)c2c1. The van der Waals surface area contributed by atoms with E-state index in [0.29, 0.717) is 60.8 Å². The predicted molar refractivity (Wildman–Crippen MR) is 209 cm³/mol. The number of pyridine rings is 1. The van der Waals surface area contributed by atoms with Crippen LogP contribution in [0, 0.1) is 0 Å². The molecule has 1 amide bonds. The van der Waals surface area contributed by atoms with Crippen molar-refractivity contribution in [1.82, 2.24) is 24.8 Å². The molecule has 0 aliphatic carbocycles. The molecular weight excluding hydrogens is 823 g/mol. The van der Waals surface area contributed by atoms with Crippen LogP contribution in [0.25, 0.3) is 33.0 Å². The van der Waals surface area contributed by atoms with Crippen LogP contribution in [0.4, 0.5) is 17.2 Å². The first-order valence-electron chi connectivity index (χ1n) is 18.2. The number of hydrogen-bond acceptors (Lipinski definition) is 15. The van der Waals surface area contributed by atoms with Gasteiger partial charge in [0.2, 0.25) is 16.9 Å². The average Bonchev–Trinajstić information content (AvgIpc) is 3.74. The summed E-state index contributed by atoms with van der Waals surface area (Å²) in [5.41, 5.74) is 16.3. The molecule has 0 radical (unpaired) electrons. The minimum Gasteiger partial charge on any atom is -0.399 e. The summed E-state index contributed by atoms with van der Waals surface area (Å²) in [6, 6.07) is 13.7. The summed E-state index contributed by atoms with van der Waals surface area (Å²) in [4.78, 5) is 62.0. The Labute approximate surface area is 331 Å². The fourth-order valence-electron chi connectivity index (χ4n) is 6.59. The molecule has 1 saturated heterocycles. The van der Waals surface area contributed by atoms with Gasteiger partial charge in [0.25, 0.3) is 0 Å². The lowest BCUT2D eigenvalue weighted by Gasteiger charge is -2.19. The van der Waals surface area contributed by atoms with Crippen molar-refractivity contribution in [2.24, 2.45) is 0 Å². The van der Waals surface area contributed by atoms with E-state index in [4.69, 9.17) is 26.0 Å². The number of nitrogens with two attached hydrogens (primary N) is 2. The molecule has 3 aromatic heterocycles. The number of carbonyl (C=O) groups excluding carboxylic acids is 1. The molecule has 314 valence electrons. The lowest BCUT2D eigenvalue weighted by Crippen LogP contribution is -2.36. The van der Waals surface area contributed by atoms with Crippen molar-refractivity contribution in [2.45, 2.75) is 69.9 Å². The Morgan fingerprint density at radius 2 is 1.55 bits per heavy atom. The molecule has 2 aromatic carbocycles. The second kappa shape index (κ2) is 18.4. The molecule has 5 aromatic rings. The number of fused-ring (bicyclic) bond motifs is 3. The number of anilines is 3. The third-order valence-corrected chi connectivity index (χ3v) is 13.0. The number of amides is 1. The van der Waals surface area contributed by atoms with Gasteiger partial charge in [-0.05, 0) is 43.2 Å². The molecule has 22 nitrogen and oxygen atoms in total. The van der Waals surface area contributed by atoms with Crippen molar-refractivity contribution in [3.63, 3.8) is 0 Å². The number of hydrogen-bond donors (Lipinski definition) is 9. The second-order valence-electron chi connectivity index (χ2n) is 13.6. The first-order valence-corrected chi connectivity index (χ1v) is 22.7. The Morgan fingerprint density at radius 1 is 0.879 bits per heavy atom. The summed E-state index contributed by atoms with van der Waals surface area (Å²) in [5, 5.41) is 18.9. The van der Waals surface area contributed by atoms with Crippen molar-refractivity contribution >= 4 is 79.5 Å². The summed E-state index contributed by atoms with van der Waals surface area (Å²) in [5.74, 6) is 0.467. The highest BCUT2D eigenvalue weighted by molar-refractivity contribution is 7.66. The zero-order valence-electron chi connectivity index (χ0n) is 30.9. The van der Waals surface area contributed by atoms with Gasteiger partial charge in [0, 0.05) is 66.6 Å². The zero-order chi connectivity index (χ0) is 41.7. The number of phosphoric ester groups is 1. The fraction of sp³-hybridized carbons (Fsp3) is 0.424. The van der Waals surface area contributed by atoms with Gasteiger partial charge in [-0.3, -0.25) is 13.9 Å². The van der Waals surface area contributed by atoms with Crippen LogP contribution in [0.5, 0.6) is 0 Å². The second-order valence-corrected chi connectivity index (χ2v) is 18.0. The van der Waals surface area contributed by atoms with Gasteiger partial charge in [-0.1, -0.05) is 12.8 Å². The Bertz CT molecular complexity index is 2360. The first-order chi connectivity index (χ1) is 27.5. The van der Waals surface area contributed by atoms with Crippen LogP contribution in [0.15, 0.2) is 55.1 Å². The molecule has 6 rings (SSSR count). The topological polar surface area (TPSA) is 330 Å². The lowest BCUT2D eigenvalue weighted by molar-refractivity contribution is -0.645. The normalized spacial score (nSPS) is 19.4. The number of aryl methyl sites for hydroxylation is 1. The van der Waals surface area contributed by atoms with E-state index in [1.807, 2.05) is 36.4 Å². The number of nitrogens with one attached hydrogen (secondary N) is 2. The molecule has 58 heavy (non-hydrogen) atoms. The van der Waals surface area contributed by atoms with Crippen molar-refractivity contribution in [1.29, 1.82) is 0 Å². The van der Waals surface area contributed by atoms with E-state index in [0.717, 1.165) is 47.5 Å². The highest BCUT2D eigenvalue weighted by Gasteiger charge is 2.43. The first kappa shape index (κ1) is 43.4. The number of phosphoric acid groups is 3. The van der Waals surface area contributed by atoms with E-state index >= 15 is 0 Å². The van der Waals surface area contributed by atoms with E-state index in [-0.39, 0.29) is 12.3 Å². The van der Waals surface area contributed by atoms with Crippen molar-refractivity contribution in [3.8, 4) is 0 Å². The molecule has 1 aliphatic rings. The minimum absolute atomic E-state index is 0.00531. The third kappa shape index (κ3) is 11.5. The Morgan fingerprint density at radius 3 is 2.22 bits per heavy atom. The van der Waals surface area contributed by atoms with E-state index < -0.39 is 48.5 Å². The highest BCUT2D eigenvalue weighted by Crippen LogP contribution is 2.66. The number of aliphatic hydroxyl groups is 1. The number of nitrogens with zero attached hydrogens (tertiary/aromatic N) is 5. The summed E-state index contributed by atoms with van der Waals surface area (Å²) < 4.78 is 55.9. The maximum Gasteiger partial charge on any atom is 0.490 e. The third-order valence-electron chi connectivity index (χ3n) is 9.20. The molecule has 1 fully saturated rings. The molecule has 25 heteroatoms. The zero-order valence-corrected chi connectivity index (χ0v) is 33.6. The Hall–Kier alpha value is -4.14. The average molecular weight is 869 g/mol. The molecule has 0 saturated carbocycles. The van der Waals surface area contributed by atoms with Gasteiger partial charge in [0.1, 0.15) is 25.2 Å². The van der Waals surface area contributed by atoms with E-state index in [1.165, 1.54) is 17.2 Å². The molecular formula is C33H45N9O13P3+. The van der Waals surface area contributed by atoms with E-state index in [9.17, 15) is 33.4 Å². The minimum atomic E-state index is -5.70. The molecule has 11 N–H and O–H groups in total. The molecule has 4 heterocycles. The Kier molecular flexibility index (Phi) is 13.8. The van der Waals surface area contributed by atoms with E-state index in [1.54, 1.807) is 0 Å². The highest BCUT2D eigenvalue weighted by atomic mass is 31.3. The van der Waals surface area contributed by atoms with Gasteiger partial charge in [0.15, 0.2) is 17.0 Å².